The second-order valence-electron chi connectivity index (χ2n) is 4.82. The summed E-state index contributed by atoms with van der Waals surface area (Å²) in [5.74, 6) is 3.10. The predicted molar refractivity (Wildman–Crippen MR) is 74.9 cm³/mol. The summed E-state index contributed by atoms with van der Waals surface area (Å²) < 4.78 is 0. The second kappa shape index (κ2) is 13.3. The maximum atomic E-state index is 11.5. The van der Waals surface area contributed by atoms with E-state index in [1.54, 1.807) is 0 Å². The molecule has 98 valence electrons. The highest BCUT2D eigenvalue weighted by molar-refractivity contribution is 5.78. The third-order valence-electron chi connectivity index (χ3n) is 3.09. The fourth-order valence-corrected chi connectivity index (χ4v) is 1.95. The van der Waals surface area contributed by atoms with Crippen LogP contribution >= 0.6 is 0 Å². The molecule has 0 fully saturated rings. The maximum absolute atomic E-state index is 11.5. The first-order valence-electron chi connectivity index (χ1n) is 7.26. The minimum Gasteiger partial charge on any atom is -0.300 e. The fourth-order valence-electron chi connectivity index (χ4n) is 1.95. The van der Waals surface area contributed by atoms with Crippen LogP contribution in [0.2, 0.25) is 0 Å². The molecule has 0 heterocycles. The zero-order valence-corrected chi connectivity index (χ0v) is 11.5. The molecular weight excluding hydrogens is 208 g/mol. The summed E-state index contributed by atoms with van der Waals surface area (Å²) in [7, 11) is 0. The minimum absolute atomic E-state index is 0.457. The molecule has 0 amide bonds. The van der Waals surface area contributed by atoms with E-state index in [9.17, 15) is 4.79 Å². The molecule has 0 spiro atoms. The van der Waals surface area contributed by atoms with Gasteiger partial charge in [0.15, 0.2) is 0 Å². The van der Waals surface area contributed by atoms with Crippen molar-refractivity contribution in [2.24, 2.45) is 0 Å². The van der Waals surface area contributed by atoms with Crippen LogP contribution in [0.5, 0.6) is 0 Å². The summed E-state index contributed by atoms with van der Waals surface area (Å²) in [4.78, 5) is 11.5. The van der Waals surface area contributed by atoms with Gasteiger partial charge in [0, 0.05) is 19.3 Å². The van der Waals surface area contributed by atoms with E-state index in [1.807, 2.05) is 0 Å². The molecule has 1 nitrogen and oxygen atoms in total. The standard InChI is InChI=1S/C16H28O/c1-3-5-7-9-11-13-15-16(17)14-12-10-8-6-4-2/h1H,4-15H2,2H3. The van der Waals surface area contributed by atoms with Crippen molar-refractivity contribution in [3.05, 3.63) is 0 Å². The number of terminal acetylenes is 1. The lowest BCUT2D eigenvalue weighted by atomic mass is 10.0. The number of unbranched alkanes of at least 4 members (excludes halogenated alkanes) is 8. The molecule has 0 saturated carbocycles. The molecular formula is C16H28O. The molecule has 0 aromatic heterocycles. The highest BCUT2D eigenvalue weighted by Crippen LogP contribution is 2.10. The van der Waals surface area contributed by atoms with E-state index in [0.29, 0.717) is 5.78 Å². The van der Waals surface area contributed by atoms with Crippen molar-refractivity contribution in [2.75, 3.05) is 0 Å². The first-order chi connectivity index (χ1) is 8.31. The van der Waals surface area contributed by atoms with Gasteiger partial charge in [0.05, 0.1) is 0 Å². The fraction of sp³-hybridized carbons (Fsp3) is 0.812. The van der Waals surface area contributed by atoms with Gasteiger partial charge in [-0.1, -0.05) is 45.4 Å². The Labute approximate surface area is 107 Å². The Kier molecular flexibility index (Phi) is 12.7. The molecule has 0 aromatic rings. The van der Waals surface area contributed by atoms with Crippen LogP contribution in [0.3, 0.4) is 0 Å². The van der Waals surface area contributed by atoms with E-state index in [2.05, 4.69) is 12.8 Å². The van der Waals surface area contributed by atoms with Gasteiger partial charge in [-0.15, -0.1) is 12.3 Å². The lowest BCUT2D eigenvalue weighted by Crippen LogP contribution is -1.97. The number of hydrogen-bond donors (Lipinski definition) is 0. The van der Waals surface area contributed by atoms with E-state index in [4.69, 9.17) is 6.42 Å². The van der Waals surface area contributed by atoms with Crippen LogP contribution in [-0.2, 0) is 4.79 Å². The van der Waals surface area contributed by atoms with Gasteiger partial charge in [-0.2, -0.15) is 0 Å². The van der Waals surface area contributed by atoms with Gasteiger partial charge in [0.1, 0.15) is 5.78 Å². The molecule has 0 unspecified atom stereocenters. The van der Waals surface area contributed by atoms with Gasteiger partial charge in [0.25, 0.3) is 0 Å². The van der Waals surface area contributed by atoms with Crippen molar-refractivity contribution >= 4 is 5.78 Å². The van der Waals surface area contributed by atoms with Crippen LogP contribution < -0.4 is 0 Å². The normalized spacial score (nSPS) is 10.1. The lowest BCUT2D eigenvalue weighted by molar-refractivity contribution is -0.119. The Morgan fingerprint density at radius 2 is 1.41 bits per heavy atom. The second-order valence-corrected chi connectivity index (χ2v) is 4.82. The van der Waals surface area contributed by atoms with Crippen LogP contribution in [0.15, 0.2) is 0 Å². The van der Waals surface area contributed by atoms with Crippen LogP contribution in [0.25, 0.3) is 0 Å². The van der Waals surface area contributed by atoms with Gasteiger partial charge in [-0.25, -0.2) is 0 Å². The van der Waals surface area contributed by atoms with Crippen molar-refractivity contribution in [3.8, 4) is 12.3 Å². The molecule has 0 N–H and O–H groups in total. The monoisotopic (exact) mass is 236 g/mol. The number of ketones is 1. The van der Waals surface area contributed by atoms with Crippen LogP contribution in [0.4, 0.5) is 0 Å². The average Bonchev–Trinajstić information content (AvgIpc) is 2.33. The van der Waals surface area contributed by atoms with Crippen LogP contribution in [0, 0.1) is 12.3 Å². The van der Waals surface area contributed by atoms with Crippen LogP contribution in [-0.4, -0.2) is 5.78 Å². The number of rotatable bonds is 12. The minimum atomic E-state index is 0.457. The van der Waals surface area contributed by atoms with E-state index in [1.165, 1.54) is 32.1 Å². The van der Waals surface area contributed by atoms with E-state index < -0.39 is 0 Å². The maximum Gasteiger partial charge on any atom is 0.132 e. The zero-order chi connectivity index (χ0) is 12.8. The Morgan fingerprint density at radius 3 is 1.94 bits per heavy atom. The first kappa shape index (κ1) is 16.2. The van der Waals surface area contributed by atoms with E-state index in [0.717, 1.165) is 44.9 Å². The molecule has 0 rings (SSSR count). The zero-order valence-electron chi connectivity index (χ0n) is 11.5. The summed E-state index contributed by atoms with van der Waals surface area (Å²) in [5.41, 5.74) is 0. The van der Waals surface area contributed by atoms with Crippen molar-refractivity contribution in [3.63, 3.8) is 0 Å². The number of carbonyl (C=O) groups excluding carboxylic acids is 1. The molecule has 1 heteroatoms. The summed E-state index contributed by atoms with van der Waals surface area (Å²) in [6, 6.07) is 0. The predicted octanol–water partition coefficient (Wildman–Crippen LogP) is 4.89. The third-order valence-corrected chi connectivity index (χ3v) is 3.09. The third kappa shape index (κ3) is 13.2. The molecule has 0 aliphatic heterocycles. The molecule has 0 atom stereocenters. The van der Waals surface area contributed by atoms with Gasteiger partial charge in [0.2, 0.25) is 0 Å². The quantitative estimate of drug-likeness (QED) is 0.348. The Balaban J connectivity index is 3.15. The number of carbonyl (C=O) groups is 1. The van der Waals surface area contributed by atoms with Gasteiger partial charge < -0.3 is 0 Å². The van der Waals surface area contributed by atoms with Crippen molar-refractivity contribution in [1.82, 2.24) is 0 Å². The molecule has 0 aliphatic carbocycles. The Morgan fingerprint density at radius 1 is 0.882 bits per heavy atom. The molecule has 0 aliphatic rings. The topological polar surface area (TPSA) is 17.1 Å². The van der Waals surface area contributed by atoms with Gasteiger partial charge in [-0.3, -0.25) is 4.79 Å². The molecule has 0 bridgehead atoms. The SMILES string of the molecule is C#CCCCCCCC(=O)CCCCCCC. The van der Waals surface area contributed by atoms with Crippen LogP contribution in [0.1, 0.15) is 84.0 Å². The summed E-state index contributed by atoms with van der Waals surface area (Å²) in [5, 5.41) is 0. The first-order valence-corrected chi connectivity index (χ1v) is 7.26. The Hall–Kier alpha value is -0.770. The summed E-state index contributed by atoms with van der Waals surface area (Å²) in [6.07, 6.45) is 18.3. The molecule has 0 saturated heterocycles. The average molecular weight is 236 g/mol. The molecule has 17 heavy (non-hydrogen) atoms. The summed E-state index contributed by atoms with van der Waals surface area (Å²) in [6.45, 7) is 2.21. The largest absolute Gasteiger partial charge is 0.300 e. The highest BCUT2D eigenvalue weighted by atomic mass is 16.1. The van der Waals surface area contributed by atoms with Crippen molar-refractivity contribution < 1.29 is 4.79 Å². The highest BCUT2D eigenvalue weighted by Gasteiger charge is 2.01. The molecule has 0 radical (unpaired) electrons. The van der Waals surface area contributed by atoms with Crippen molar-refractivity contribution in [1.29, 1.82) is 0 Å². The lowest BCUT2D eigenvalue weighted by Gasteiger charge is -2.01. The van der Waals surface area contributed by atoms with Crippen molar-refractivity contribution in [2.45, 2.75) is 84.0 Å². The number of Topliss-reactive ketones (excluding diaryl/α,β-unsaturated/α-hetero) is 1. The van der Waals surface area contributed by atoms with Gasteiger partial charge in [-0.05, 0) is 19.3 Å². The van der Waals surface area contributed by atoms with E-state index in [-0.39, 0.29) is 0 Å². The smallest absolute Gasteiger partial charge is 0.132 e. The van der Waals surface area contributed by atoms with E-state index >= 15 is 0 Å². The van der Waals surface area contributed by atoms with Gasteiger partial charge >= 0.3 is 0 Å². The summed E-state index contributed by atoms with van der Waals surface area (Å²) >= 11 is 0. The number of hydrogen-bond acceptors (Lipinski definition) is 1. The Bertz CT molecular complexity index is 212. The molecule has 0 aromatic carbocycles.